The lowest BCUT2D eigenvalue weighted by Crippen LogP contribution is -2.29. The van der Waals surface area contributed by atoms with Crippen molar-refractivity contribution in [2.45, 2.75) is 0 Å². The summed E-state index contributed by atoms with van der Waals surface area (Å²) in [5, 5.41) is 7.50. The second kappa shape index (κ2) is 11.2. The Bertz CT molecular complexity index is 1430. The summed E-state index contributed by atoms with van der Waals surface area (Å²) in [6, 6.07) is 16.1. The van der Waals surface area contributed by atoms with Crippen LogP contribution < -0.4 is 20.3 Å². The molecule has 0 aliphatic rings. The fourth-order valence-electron chi connectivity index (χ4n) is 4.28. The fourth-order valence-corrected chi connectivity index (χ4v) is 4.28. The Morgan fingerprint density at radius 2 is 1.89 bits per heavy atom. The molecule has 2 aromatic heterocycles. The van der Waals surface area contributed by atoms with E-state index in [-0.39, 0.29) is 5.91 Å². The average Bonchev–Trinajstić information content (AvgIpc) is 3.24. The monoisotopic (exact) mass is 498 g/mol. The fraction of sp³-hybridized carbons (Fsp3) is 0.241. The Morgan fingerprint density at radius 1 is 1.11 bits per heavy atom. The second-order valence-corrected chi connectivity index (χ2v) is 9.21. The van der Waals surface area contributed by atoms with Crippen molar-refractivity contribution in [2.75, 3.05) is 56.9 Å². The summed E-state index contributed by atoms with van der Waals surface area (Å²) in [4.78, 5) is 21.0. The Kier molecular flexibility index (Phi) is 7.79. The van der Waals surface area contributed by atoms with Gasteiger partial charge in [0.25, 0.3) is 0 Å². The number of ether oxygens (including phenoxy) is 1. The number of benzene rings is 2. The third kappa shape index (κ3) is 5.76. The first-order valence-corrected chi connectivity index (χ1v) is 12.1. The van der Waals surface area contributed by atoms with E-state index in [4.69, 9.17) is 4.74 Å². The number of amides is 1. The third-order valence-corrected chi connectivity index (χ3v) is 6.29. The van der Waals surface area contributed by atoms with E-state index in [1.807, 2.05) is 64.6 Å². The molecule has 0 unspecified atom stereocenters. The van der Waals surface area contributed by atoms with Crippen molar-refractivity contribution in [1.29, 1.82) is 0 Å². The van der Waals surface area contributed by atoms with Crippen LogP contribution in [-0.2, 0) is 11.8 Å². The minimum absolute atomic E-state index is 0.283. The maximum atomic E-state index is 12.2. The van der Waals surface area contributed by atoms with Gasteiger partial charge < -0.3 is 29.7 Å². The Hall–Kier alpha value is -4.30. The van der Waals surface area contributed by atoms with Crippen LogP contribution in [0.1, 0.15) is 0 Å². The van der Waals surface area contributed by atoms with Crippen LogP contribution in [0.2, 0.25) is 0 Å². The number of nitrogens with zero attached hydrogens (tertiary/aromatic N) is 4. The highest BCUT2D eigenvalue weighted by Gasteiger charge is 2.17. The number of rotatable bonds is 10. The zero-order valence-electron chi connectivity index (χ0n) is 22.1. The molecule has 0 atom stereocenters. The van der Waals surface area contributed by atoms with Crippen LogP contribution in [0, 0.1) is 0 Å². The van der Waals surface area contributed by atoms with Crippen molar-refractivity contribution in [3.8, 4) is 16.9 Å². The molecule has 0 fully saturated rings. The van der Waals surface area contributed by atoms with Crippen molar-refractivity contribution in [3.63, 3.8) is 0 Å². The molecule has 4 rings (SSSR count). The van der Waals surface area contributed by atoms with E-state index < -0.39 is 0 Å². The van der Waals surface area contributed by atoms with Gasteiger partial charge in [0.1, 0.15) is 11.6 Å². The van der Waals surface area contributed by atoms with E-state index in [1.165, 1.54) is 17.0 Å². The molecule has 0 bridgehead atoms. The third-order valence-electron chi connectivity index (χ3n) is 6.29. The molecule has 2 aromatic carbocycles. The van der Waals surface area contributed by atoms with Crippen LogP contribution in [0.4, 0.5) is 22.9 Å². The number of likely N-dealkylation sites (N-methyl/N-ethyl adjacent to an activating group) is 2. The standard InChI is InChI=1S/C29H34N6O2/c1-7-29(36)32-23-17-24(27(37-6)18-26(23)34(4)15-14-33(2)3)31-28-16-20(12-13-30-28)22-19-35(5)25-11-9-8-10-21(22)25/h7-13,16-19H,1,14-15H2,2-6H3,(H,30,31)(H,32,36). The molecule has 4 aromatic rings. The van der Waals surface area contributed by atoms with Gasteiger partial charge in [-0.2, -0.15) is 0 Å². The molecule has 0 radical (unpaired) electrons. The maximum Gasteiger partial charge on any atom is 0.247 e. The number of hydrogen-bond acceptors (Lipinski definition) is 6. The number of pyridine rings is 1. The summed E-state index contributed by atoms with van der Waals surface area (Å²) in [7, 11) is 9.73. The summed E-state index contributed by atoms with van der Waals surface area (Å²) in [6.07, 6.45) is 5.18. The molecule has 2 N–H and O–H groups in total. The quantitative estimate of drug-likeness (QED) is 0.296. The second-order valence-electron chi connectivity index (χ2n) is 9.21. The first-order valence-electron chi connectivity index (χ1n) is 12.1. The van der Waals surface area contributed by atoms with Gasteiger partial charge in [-0.05, 0) is 50.0 Å². The van der Waals surface area contributed by atoms with Gasteiger partial charge >= 0.3 is 0 Å². The first kappa shape index (κ1) is 25.8. The van der Waals surface area contributed by atoms with Crippen LogP contribution in [0.25, 0.3) is 22.0 Å². The highest BCUT2D eigenvalue weighted by atomic mass is 16.5. The molecular formula is C29H34N6O2. The smallest absolute Gasteiger partial charge is 0.247 e. The Balaban J connectivity index is 1.71. The highest BCUT2D eigenvalue weighted by Crippen LogP contribution is 2.39. The predicted octanol–water partition coefficient (Wildman–Crippen LogP) is 5.11. The SMILES string of the molecule is C=CC(=O)Nc1cc(Nc2cc(-c3cn(C)c4ccccc34)ccn2)c(OC)cc1N(C)CCN(C)C. The highest BCUT2D eigenvalue weighted by molar-refractivity contribution is 6.02. The maximum absolute atomic E-state index is 12.2. The number of methoxy groups -OCH3 is 1. The summed E-state index contributed by atoms with van der Waals surface area (Å²) in [5.41, 5.74) is 5.54. The summed E-state index contributed by atoms with van der Waals surface area (Å²) in [5.74, 6) is 1.02. The lowest BCUT2D eigenvalue weighted by molar-refractivity contribution is -0.111. The molecule has 0 saturated carbocycles. The van der Waals surface area contributed by atoms with Crippen molar-refractivity contribution >= 4 is 39.7 Å². The summed E-state index contributed by atoms with van der Waals surface area (Å²) >= 11 is 0. The van der Waals surface area contributed by atoms with E-state index in [2.05, 4.69) is 54.9 Å². The van der Waals surface area contributed by atoms with E-state index >= 15 is 0 Å². The molecule has 8 nitrogen and oxygen atoms in total. The van der Waals surface area contributed by atoms with Gasteiger partial charge in [0.2, 0.25) is 5.91 Å². The molecular weight excluding hydrogens is 464 g/mol. The largest absolute Gasteiger partial charge is 0.494 e. The number of fused-ring (bicyclic) bond motifs is 1. The number of hydrogen-bond donors (Lipinski definition) is 2. The minimum atomic E-state index is -0.283. The van der Waals surface area contributed by atoms with E-state index in [1.54, 1.807) is 13.3 Å². The number of aromatic nitrogens is 2. The van der Waals surface area contributed by atoms with E-state index in [0.717, 1.165) is 29.9 Å². The van der Waals surface area contributed by atoms with Crippen LogP contribution in [0.15, 0.2) is 73.6 Å². The molecule has 0 aliphatic carbocycles. The number of nitrogens with one attached hydrogen (secondary N) is 2. The van der Waals surface area contributed by atoms with Gasteiger partial charge in [-0.15, -0.1) is 0 Å². The molecule has 0 saturated heterocycles. The van der Waals surface area contributed by atoms with Crippen molar-refractivity contribution in [3.05, 3.63) is 73.6 Å². The van der Waals surface area contributed by atoms with Gasteiger partial charge in [-0.3, -0.25) is 4.79 Å². The van der Waals surface area contributed by atoms with Gasteiger partial charge in [0.05, 0.1) is 24.2 Å². The van der Waals surface area contributed by atoms with Gasteiger partial charge in [-0.25, -0.2) is 4.98 Å². The lowest BCUT2D eigenvalue weighted by Gasteiger charge is -2.26. The Morgan fingerprint density at radius 3 is 2.62 bits per heavy atom. The van der Waals surface area contributed by atoms with E-state index in [9.17, 15) is 4.79 Å². The molecule has 37 heavy (non-hydrogen) atoms. The average molecular weight is 499 g/mol. The van der Waals surface area contributed by atoms with Gasteiger partial charge in [0, 0.05) is 62.1 Å². The number of para-hydroxylation sites is 1. The van der Waals surface area contributed by atoms with Crippen LogP contribution in [-0.4, -0.2) is 61.7 Å². The molecule has 192 valence electrons. The minimum Gasteiger partial charge on any atom is -0.494 e. The van der Waals surface area contributed by atoms with Crippen LogP contribution >= 0.6 is 0 Å². The van der Waals surface area contributed by atoms with Crippen LogP contribution in [0.5, 0.6) is 5.75 Å². The summed E-state index contributed by atoms with van der Waals surface area (Å²) in [6.45, 7) is 5.22. The van der Waals surface area contributed by atoms with Crippen molar-refractivity contribution in [1.82, 2.24) is 14.5 Å². The van der Waals surface area contributed by atoms with Crippen molar-refractivity contribution < 1.29 is 9.53 Å². The van der Waals surface area contributed by atoms with Gasteiger partial charge in [0.15, 0.2) is 0 Å². The zero-order chi connectivity index (χ0) is 26.5. The number of carbonyl (C=O) groups excluding carboxylic acids is 1. The number of aryl methyl sites for hydroxylation is 1. The molecule has 0 spiro atoms. The predicted molar refractivity (Wildman–Crippen MR) is 153 cm³/mol. The molecule has 2 heterocycles. The molecule has 0 aliphatic heterocycles. The molecule has 1 amide bonds. The number of anilines is 4. The molecule has 8 heteroatoms. The lowest BCUT2D eigenvalue weighted by atomic mass is 10.1. The van der Waals surface area contributed by atoms with Crippen molar-refractivity contribution in [2.24, 2.45) is 7.05 Å². The zero-order valence-corrected chi connectivity index (χ0v) is 22.1. The topological polar surface area (TPSA) is 74.7 Å². The van der Waals surface area contributed by atoms with Gasteiger partial charge in [-0.1, -0.05) is 24.8 Å². The first-order chi connectivity index (χ1) is 17.8. The normalized spacial score (nSPS) is 11.0. The van der Waals surface area contributed by atoms with Crippen LogP contribution in [0.3, 0.4) is 0 Å². The van der Waals surface area contributed by atoms with E-state index in [0.29, 0.717) is 22.9 Å². The summed E-state index contributed by atoms with van der Waals surface area (Å²) < 4.78 is 7.86. The number of carbonyl (C=O) groups is 1. The Labute approximate surface area is 218 Å².